The van der Waals surface area contributed by atoms with E-state index in [0.717, 1.165) is 50.2 Å². The van der Waals surface area contributed by atoms with Crippen molar-refractivity contribution >= 4 is 27.6 Å². The molecule has 0 bridgehead atoms. The molecule has 5 aromatic rings. The minimum Gasteiger partial charge on any atom is -0.456 e. The second kappa shape index (κ2) is 10.0. The van der Waals surface area contributed by atoms with E-state index in [1.165, 1.54) is 54.5 Å². The molecule has 3 aromatic carbocycles. The summed E-state index contributed by atoms with van der Waals surface area (Å²) in [5.74, 6) is 1.28. The molecule has 1 fully saturated rings. The third kappa shape index (κ3) is 4.33. The van der Waals surface area contributed by atoms with Crippen molar-refractivity contribution in [2.45, 2.75) is 65.7 Å². The van der Waals surface area contributed by atoms with Crippen LogP contribution >= 0.6 is 0 Å². The van der Waals surface area contributed by atoms with Gasteiger partial charge in [0.15, 0.2) is 11.4 Å². The fourth-order valence-corrected chi connectivity index (χ4v) is 6.52. The lowest BCUT2D eigenvalue weighted by molar-refractivity contribution is -0.667. The lowest BCUT2D eigenvalue weighted by atomic mass is 9.94. The average molecular weight is 514 g/mol. The van der Waals surface area contributed by atoms with Crippen LogP contribution in [0.25, 0.3) is 49.2 Å². The Morgan fingerprint density at radius 3 is 2.21 bits per heavy atom. The zero-order valence-electron chi connectivity index (χ0n) is 23.8. The molecule has 196 valence electrons. The highest BCUT2D eigenvalue weighted by atomic mass is 16.3. The summed E-state index contributed by atoms with van der Waals surface area (Å²) in [6, 6.07) is 21.6. The monoisotopic (exact) mass is 513 g/mol. The molecule has 0 atom stereocenters. The number of aromatic nitrogens is 1. The summed E-state index contributed by atoms with van der Waals surface area (Å²) in [6.45, 7) is 16.7. The Hall–Kier alpha value is -3.90. The van der Waals surface area contributed by atoms with Gasteiger partial charge in [-0.1, -0.05) is 88.1 Å². The van der Waals surface area contributed by atoms with Crippen molar-refractivity contribution in [2.75, 3.05) is 0 Å². The number of fused-ring (bicyclic) bond motifs is 3. The van der Waals surface area contributed by atoms with E-state index in [1.807, 2.05) is 6.07 Å². The molecule has 2 aromatic heterocycles. The number of nitrogens with zero attached hydrogens (tertiary/aromatic N) is 2. The zero-order chi connectivity index (χ0) is 27.3. The summed E-state index contributed by atoms with van der Waals surface area (Å²) < 4.78 is 9.14. The van der Waals surface area contributed by atoms with E-state index in [4.69, 9.17) is 11.0 Å². The number of furan rings is 1. The Morgan fingerprint density at radius 1 is 0.872 bits per heavy atom. The summed E-state index contributed by atoms with van der Waals surface area (Å²) >= 11 is 0. The number of hydrogen-bond donors (Lipinski definition) is 0. The number of pyridine rings is 1. The predicted molar refractivity (Wildman–Crippen MR) is 161 cm³/mol. The van der Waals surface area contributed by atoms with Crippen LogP contribution in [0.5, 0.6) is 0 Å². The van der Waals surface area contributed by atoms with Crippen molar-refractivity contribution in [2.24, 2.45) is 13.0 Å². The normalized spacial score (nSPS) is 14.1. The Bertz CT molecular complexity index is 1740. The first-order valence-electron chi connectivity index (χ1n) is 14.3. The van der Waals surface area contributed by atoms with Gasteiger partial charge in [-0.05, 0) is 47.9 Å². The molecule has 0 amide bonds. The summed E-state index contributed by atoms with van der Waals surface area (Å²) in [7, 11) is 2.18. The Morgan fingerprint density at radius 2 is 1.54 bits per heavy atom. The lowest BCUT2D eigenvalue weighted by Crippen LogP contribution is -2.36. The highest BCUT2D eigenvalue weighted by Gasteiger charge is 2.26. The molecule has 2 heterocycles. The molecule has 39 heavy (non-hydrogen) atoms. The van der Waals surface area contributed by atoms with Gasteiger partial charge in [0.1, 0.15) is 18.2 Å². The van der Waals surface area contributed by atoms with E-state index in [1.54, 1.807) is 0 Å². The highest BCUT2D eigenvalue weighted by Crippen LogP contribution is 2.44. The Labute approximate surface area is 231 Å². The van der Waals surface area contributed by atoms with Crippen LogP contribution in [0, 0.1) is 26.3 Å². The van der Waals surface area contributed by atoms with Crippen molar-refractivity contribution in [1.29, 1.82) is 0 Å². The number of hydrogen-bond acceptors (Lipinski definition) is 1. The van der Waals surface area contributed by atoms with Crippen LogP contribution in [0.3, 0.4) is 0 Å². The average Bonchev–Trinajstić information content (AvgIpc) is 3.59. The molecular weight excluding hydrogens is 476 g/mol. The van der Waals surface area contributed by atoms with E-state index < -0.39 is 0 Å². The minimum absolute atomic E-state index is 0.459. The van der Waals surface area contributed by atoms with Crippen molar-refractivity contribution in [3.05, 3.63) is 94.5 Å². The second-order valence-electron chi connectivity index (χ2n) is 11.7. The van der Waals surface area contributed by atoms with Crippen LogP contribution in [0.2, 0.25) is 0 Å². The van der Waals surface area contributed by atoms with Gasteiger partial charge in [-0.2, -0.15) is 4.57 Å². The van der Waals surface area contributed by atoms with Crippen LogP contribution in [0.4, 0.5) is 5.69 Å². The lowest BCUT2D eigenvalue weighted by Gasteiger charge is -2.13. The fourth-order valence-electron chi connectivity index (χ4n) is 6.52. The Kier molecular flexibility index (Phi) is 6.51. The first-order valence-corrected chi connectivity index (χ1v) is 14.3. The fraction of sp³-hybridized carbons (Fsp3) is 0.333. The van der Waals surface area contributed by atoms with Crippen molar-refractivity contribution < 1.29 is 8.98 Å². The standard InChI is InChI=1S/C36H37N2O/c1-22(2)26-12-14-27(15-13-26)34-31(37-5)19-18-30-29-17-11-23(3)33(35(29)39-36(30)34)32-20-16-28(24(4)38(32)6)21-25-9-7-8-10-25/h11-20,22,25H,7-10,21H2,1-4,6H3/q+1. The van der Waals surface area contributed by atoms with E-state index in [2.05, 4.69) is 98.8 Å². The smallest absolute Gasteiger partial charge is 0.216 e. The van der Waals surface area contributed by atoms with E-state index in [9.17, 15) is 0 Å². The first-order chi connectivity index (χ1) is 18.9. The summed E-state index contributed by atoms with van der Waals surface area (Å²) in [6.07, 6.45) is 6.64. The Balaban J connectivity index is 1.55. The molecule has 0 spiro atoms. The van der Waals surface area contributed by atoms with Crippen LogP contribution in [0.1, 0.15) is 67.8 Å². The third-order valence-corrected chi connectivity index (χ3v) is 8.99. The molecule has 3 heteroatoms. The van der Waals surface area contributed by atoms with Crippen molar-refractivity contribution in [3.8, 4) is 22.4 Å². The van der Waals surface area contributed by atoms with Gasteiger partial charge in [-0.15, -0.1) is 0 Å². The molecular formula is C36H37N2O+. The number of benzene rings is 3. The van der Waals surface area contributed by atoms with Gasteiger partial charge in [0.05, 0.1) is 12.1 Å². The molecule has 0 saturated heterocycles. The van der Waals surface area contributed by atoms with Crippen molar-refractivity contribution in [1.82, 2.24) is 0 Å². The van der Waals surface area contributed by atoms with Gasteiger partial charge in [-0.25, -0.2) is 4.85 Å². The van der Waals surface area contributed by atoms with E-state index in [-0.39, 0.29) is 0 Å². The van der Waals surface area contributed by atoms with Crippen molar-refractivity contribution in [3.63, 3.8) is 0 Å². The molecule has 0 unspecified atom stereocenters. The van der Waals surface area contributed by atoms with Gasteiger partial charge in [0.2, 0.25) is 5.69 Å². The number of rotatable bonds is 5. The quantitative estimate of drug-likeness (QED) is 0.169. The minimum atomic E-state index is 0.459. The molecule has 1 aliphatic carbocycles. The largest absolute Gasteiger partial charge is 0.456 e. The predicted octanol–water partition coefficient (Wildman–Crippen LogP) is 9.77. The van der Waals surface area contributed by atoms with Crippen LogP contribution in [-0.2, 0) is 13.5 Å². The molecule has 0 N–H and O–H groups in total. The second-order valence-corrected chi connectivity index (χ2v) is 11.7. The van der Waals surface area contributed by atoms with Gasteiger partial charge < -0.3 is 4.42 Å². The molecule has 6 rings (SSSR count). The summed E-state index contributed by atoms with van der Waals surface area (Å²) in [4.78, 5) is 3.89. The van der Waals surface area contributed by atoms with Crippen LogP contribution in [-0.4, -0.2) is 0 Å². The third-order valence-electron chi connectivity index (χ3n) is 8.99. The van der Waals surface area contributed by atoms with Crippen LogP contribution < -0.4 is 4.57 Å². The SMILES string of the molecule is [C-]#[N+]c1ccc2c(oc3c(-c4ccc(CC5CCCC5)c(C)[n+]4C)c(C)ccc32)c1-c1ccc(C(C)C)cc1. The molecule has 1 aliphatic rings. The topological polar surface area (TPSA) is 21.4 Å². The molecule has 1 saturated carbocycles. The van der Waals surface area contributed by atoms with Crippen LogP contribution in [0.15, 0.2) is 65.1 Å². The number of aryl methyl sites for hydroxylation is 1. The van der Waals surface area contributed by atoms with Gasteiger partial charge in [0.25, 0.3) is 0 Å². The maximum Gasteiger partial charge on any atom is 0.216 e. The van der Waals surface area contributed by atoms with Gasteiger partial charge in [0, 0.05) is 34.9 Å². The summed E-state index contributed by atoms with van der Waals surface area (Å²) in [5, 5.41) is 2.15. The molecule has 3 nitrogen and oxygen atoms in total. The van der Waals surface area contributed by atoms with Gasteiger partial charge >= 0.3 is 0 Å². The highest BCUT2D eigenvalue weighted by molar-refractivity contribution is 6.15. The maximum atomic E-state index is 7.90. The summed E-state index contributed by atoms with van der Waals surface area (Å²) in [5.41, 5.74) is 11.8. The molecule has 0 radical (unpaired) electrons. The van der Waals surface area contributed by atoms with Gasteiger partial charge in [-0.3, -0.25) is 0 Å². The first kappa shape index (κ1) is 25.4. The van der Waals surface area contributed by atoms with E-state index >= 15 is 0 Å². The zero-order valence-corrected chi connectivity index (χ0v) is 23.8. The maximum absolute atomic E-state index is 7.90. The molecule has 0 aliphatic heterocycles. The van der Waals surface area contributed by atoms with E-state index in [0.29, 0.717) is 11.6 Å².